The highest BCUT2D eigenvalue weighted by atomic mass is 16.5. The Hall–Kier alpha value is -1.55. The number of carbonyl (C=O) groups excluding carboxylic acids is 1. The van der Waals surface area contributed by atoms with Gasteiger partial charge in [0.15, 0.2) is 6.61 Å². The first-order chi connectivity index (χ1) is 9.04. The molecule has 0 aliphatic rings. The van der Waals surface area contributed by atoms with E-state index < -0.39 is 6.10 Å². The number of benzene rings is 1. The van der Waals surface area contributed by atoms with Crippen LogP contribution in [0.25, 0.3) is 0 Å². The SMILES string of the molecule is CCC(C)C(O)CNC(=O)COc1ccccc1C. The second kappa shape index (κ2) is 7.79. The van der Waals surface area contributed by atoms with Gasteiger partial charge in [0.2, 0.25) is 0 Å². The van der Waals surface area contributed by atoms with Crippen LogP contribution in [0.15, 0.2) is 24.3 Å². The summed E-state index contributed by atoms with van der Waals surface area (Å²) in [5, 5.41) is 12.4. The van der Waals surface area contributed by atoms with Crippen molar-refractivity contribution in [3.63, 3.8) is 0 Å². The molecule has 0 aliphatic heterocycles. The normalized spacial score (nSPS) is 13.7. The summed E-state index contributed by atoms with van der Waals surface area (Å²) >= 11 is 0. The van der Waals surface area contributed by atoms with E-state index in [4.69, 9.17) is 4.74 Å². The number of rotatable bonds is 7. The van der Waals surface area contributed by atoms with Gasteiger partial charge in [-0.3, -0.25) is 4.79 Å². The molecule has 1 aromatic rings. The maximum absolute atomic E-state index is 11.6. The highest BCUT2D eigenvalue weighted by Gasteiger charge is 2.13. The smallest absolute Gasteiger partial charge is 0.258 e. The molecule has 2 unspecified atom stereocenters. The Kier molecular flexibility index (Phi) is 6.36. The van der Waals surface area contributed by atoms with Crippen LogP contribution < -0.4 is 10.1 Å². The fraction of sp³-hybridized carbons (Fsp3) is 0.533. The fourth-order valence-corrected chi connectivity index (χ4v) is 1.60. The minimum absolute atomic E-state index is 0.0297. The second-order valence-corrected chi connectivity index (χ2v) is 4.81. The summed E-state index contributed by atoms with van der Waals surface area (Å²) < 4.78 is 5.42. The molecule has 1 aromatic carbocycles. The fourth-order valence-electron chi connectivity index (χ4n) is 1.60. The Labute approximate surface area is 114 Å². The lowest BCUT2D eigenvalue weighted by atomic mass is 10.0. The quantitative estimate of drug-likeness (QED) is 0.791. The molecule has 4 heteroatoms. The Morgan fingerprint density at radius 1 is 1.42 bits per heavy atom. The maximum atomic E-state index is 11.6. The largest absolute Gasteiger partial charge is 0.484 e. The zero-order chi connectivity index (χ0) is 14.3. The van der Waals surface area contributed by atoms with Crippen LogP contribution >= 0.6 is 0 Å². The number of nitrogens with one attached hydrogen (secondary N) is 1. The molecule has 0 radical (unpaired) electrons. The molecule has 0 saturated heterocycles. The first-order valence-electron chi connectivity index (χ1n) is 6.67. The topological polar surface area (TPSA) is 58.6 Å². The van der Waals surface area contributed by atoms with E-state index in [0.717, 1.165) is 12.0 Å². The van der Waals surface area contributed by atoms with Gasteiger partial charge in [0.25, 0.3) is 5.91 Å². The molecule has 0 aromatic heterocycles. The summed E-state index contributed by atoms with van der Waals surface area (Å²) in [6.45, 7) is 6.14. The Balaban J connectivity index is 2.31. The minimum Gasteiger partial charge on any atom is -0.484 e. The van der Waals surface area contributed by atoms with Gasteiger partial charge in [-0.1, -0.05) is 38.5 Å². The Bertz CT molecular complexity index is 406. The van der Waals surface area contributed by atoms with Gasteiger partial charge in [-0.25, -0.2) is 0 Å². The van der Waals surface area contributed by atoms with Crippen molar-refractivity contribution in [1.29, 1.82) is 0 Å². The van der Waals surface area contributed by atoms with E-state index in [9.17, 15) is 9.90 Å². The number of aliphatic hydroxyl groups excluding tert-OH is 1. The highest BCUT2D eigenvalue weighted by Crippen LogP contribution is 2.15. The summed E-state index contributed by atoms with van der Waals surface area (Å²) in [4.78, 5) is 11.6. The van der Waals surface area contributed by atoms with E-state index in [0.29, 0.717) is 5.75 Å². The van der Waals surface area contributed by atoms with Crippen molar-refractivity contribution in [3.05, 3.63) is 29.8 Å². The van der Waals surface area contributed by atoms with Crippen LogP contribution in [-0.4, -0.2) is 30.3 Å². The third kappa shape index (κ3) is 5.30. The van der Waals surface area contributed by atoms with Crippen LogP contribution in [0, 0.1) is 12.8 Å². The number of ether oxygens (including phenoxy) is 1. The van der Waals surface area contributed by atoms with E-state index in [-0.39, 0.29) is 25.0 Å². The molecule has 0 saturated carbocycles. The zero-order valence-corrected chi connectivity index (χ0v) is 11.8. The highest BCUT2D eigenvalue weighted by molar-refractivity contribution is 5.77. The number of amides is 1. The van der Waals surface area contributed by atoms with Gasteiger partial charge in [0.1, 0.15) is 5.75 Å². The van der Waals surface area contributed by atoms with E-state index in [1.165, 1.54) is 0 Å². The van der Waals surface area contributed by atoms with Crippen molar-refractivity contribution >= 4 is 5.91 Å². The van der Waals surface area contributed by atoms with Crippen LogP contribution in [0.4, 0.5) is 0 Å². The number of aliphatic hydroxyl groups is 1. The van der Waals surface area contributed by atoms with Gasteiger partial charge >= 0.3 is 0 Å². The average molecular weight is 265 g/mol. The van der Waals surface area contributed by atoms with Gasteiger partial charge in [0.05, 0.1) is 6.10 Å². The summed E-state index contributed by atoms with van der Waals surface area (Å²) in [5.74, 6) is 0.670. The molecular weight excluding hydrogens is 242 g/mol. The van der Waals surface area contributed by atoms with Crippen molar-refractivity contribution in [2.24, 2.45) is 5.92 Å². The predicted molar refractivity (Wildman–Crippen MR) is 75.1 cm³/mol. The molecule has 106 valence electrons. The minimum atomic E-state index is -0.507. The van der Waals surface area contributed by atoms with E-state index in [2.05, 4.69) is 5.32 Å². The van der Waals surface area contributed by atoms with Crippen LogP contribution in [0.2, 0.25) is 0 Å². The molecule has 2 N–H and O–H groups in total. The van der Waals surface area contributed by atoms with E-state index in [1.54, 1.807) is 0 Å². The standard InChI is InChI=1S/C15H23NO3/c1-4-11(2)13(17)9-16-15(18)10-19-14-8-6-5-7-12(14)3/h5-8,11,13,17H,4,9-10H2,1-3H3,(H,16,18). The number of hydrogen-bond acceptors (Lipinski definition) is 3. The lowest BCUT2D eigenvalue weighted by molar-refractivity contribution is -0.123. The summed E-state index contributed by atoms with van der Waals surface area (Å²) in [6, 6.07) is 7.55. The molecule has 0 bridgehead atoms. The molecular formula is C15H23NO3. The second-order valence-electron chi connectivity index (χ2n) is 4.81. The lowest BCUT2D eigenvalue weighted by Crippen LogP contribution is -2.37. The monoisotopic (exact) mass is 265 g/mol. The Morgan fingerprint density at radius 2 is 2.11 bits per heavy atom. The number of hydrogen-bond donors (Lipinski definition) is 2. The lowest BCUT2D eigenvalue weighted by Gasteiger charge is -2.17. The average Bonchev–Trinajstić information content (AvgIpc) is 2.42. The molecule has 4 nitrogen and oxygen atoms in total. The molecule has 0 fully saturated rings. The molecule has 0 heterocycles. The van der Waals surface area contributed by atoms with Crippen molar-refractivity contribution in [2.75, 3.05) is 13.2 Å². The number of aryl methyl sites for hydroxylation is 1. The molecule has 2 atom stereocenters. The molecule has 0 aliphatic carbocycles. The maximum Gasteiger partial charge on any atom is 0.258 e. The van der Waals surface area contributed by atoms with Crippen molar-refractivity contribution in [1.82, 2.24) is 5.32 Å². The summed E-state index contributed by atoms with van der Waals surface area (Å²) in [6.07, 6.45) is 0.379. The first-order valence-corrected chi connectivity index (χ1v) is 6.67. The van der Waals surface area contributed by atoms with Gasteiger partial charge < -0.3 is 15.2 Å². The third-order valence-electron chi connectivity index (χ3n) is 3.26. The summed E-state index contributed by atoms with van der Waals surface area (Å²) in [5.41, 5.74) is 0.995. The third-order valence-corrected chi connectivity index (χ3v) is 3.26. The molecule has 1 rings (SSSR count). The zero-order valence-electron chi connectivity index (χ0n) is 11.8. The molecule has 1 amide bonds. The summed E-state index contributed by atoms with van der Waals surface area (Å²) in [7, 11) is 0. The van der Waals surface area contributed by atoms with Crippen molar-refractivity contribution in [3.8, 4) is 5.75 Å². The molecule has 19 heavy (non-hydrogen) atoms. The first kappa shape index (κ1) is 15.5. The van der Waals surface area contributed by atoms with Gasteiger partial charge in [0, 0.05) is 6.54 Å². The predicted octanol–water partition coefficient (Wildman–Crippen LogP) is 1.90. The van der Waals surface area contributed by atoms with Gasteiger partial charge in [-0.15, -0.1) is 0 Å². The number of para-hydroxylation sites is 1. The van der Waals surface area contributed by atoms with Gasteiger partial charge in [-0.2, -0.15) is 0 Å². The van der Waals surface area contributed by atoms with Crippen LogP contribution in [0.1, 0.15) is 25.8 Å². The van der Waals surface area contributed by atoms with Crippen LogP contribution in [-0.2, 0) is 4.79 Å². The van der Waals surface area contributed by atoms with Crippen molar-refractivity contribution in [2.45, 2.75) is 33.3 Å². The van der Waals surface area contributed by atoms with E-state index in [1.807, 2.05) is 45.0 Å². The Morgan fingerprint density at radius 3 is 2.74 bits per heavy atom. The van der Waals surface area contributed by atoms with Gasteiger partial charge in [-0.05, 0) is 24.5 Å². The van der Waals surface area contributed by atoms with E-state index >= 15 is 0 Å². The van der Waals surface area contributed by atoms with Crippen molar-refractivity contribution < 1.29 is 14.6 Å². The number of carbonyl (C=O) groups is 1. The van der Waals surface area contributed by atoms with Crippen LogP contribution in [0.3, 0.4) is 0 Å². The molecule has 0 spiro atoms. The van der Waals surface area contributed by atoms with Crippen LogP contribution in [0.5, 0.6) is 5.75 Å².